The van der Waals surface area contributed by atoms with Crippen molar-refractivity contribution in [2.75, 3.05) is 13.7 Å². The number of ether oxygens (including phenoxy) is 1. The Bertz CT molecular complexity index is 883. The van der Waals surface area contributed by atoms with Crippen molar-refractivity contribution >= 4 is 16.0 Å². The molecule has 0 aliphatic heterocycles. The molecule has 1 aromatic rings. The highest BCUT2D eigenvalue weighted by atomic mass is 32.2. The van der Waals surface area contributed by atoms with Gasteiger partial charge in [0.2, 0.25) is 10.0 Å². The van der Waals surface area contributed by atoms with Gasteiger partial charge < -0.3 is 4.74 Å². The van der Waals surface area contributed by atoms with E-state index in [-0.39, 0.29) is 12.5 Å². The molecule has 0 bridgehead atoms. The fourth-order valence-corrected chi connectivity index (χ4v) is 5.33. The number of sulfonamides is 1. The van der Waals surface area contributed by atoms with Crippen LogP contribution >= 0.6 is 0 Å². The molecule has 0 heterocycles. The van der Waals surface area contributed by atoms with Gasteiger partial charge in [0.15, 0.2) is 0 Å². The van der Waals surface area contributed by atoms with Crippen molar-refractivity contribution in [3.8, 4) is 0 Å². The van der Waals surface area contributed by atoms with Crippen molar-refractivity contribution in [2.24, 2.45) is 5.92 Å². The van der Waals surface area contributed by atoms with Crippen LogP contribution in [0.5, 0.6) is 0 Å². The van der Waals surface area contributed by atoms with Gasteiger partial charge in [-0.15, -0.1) is 5.73 Å². The summed E-state index contributed by atoms with van der Waals surface area (Å²) in [4.78, 5) is 12.0. The molecule has 28 heavy (non-hydrogen) atoms. The lowest BCUT2D eigenvalue weighted by Gasteiger charge is -2.31. The normalized spacial score (nSPS) is 13.4. The summed E-state index contributed by atoms with van der Waals surface area (Å²) in [6.45, 7) is 14.7. The molecule has 0 unspecified atom stereocenters. The van der Waals surface area contributed by atoms with Crippen LogP contribution in [0.1, 0.15) is 37.5 Å². The second-order valence-electron chi connectivity index (χ2n) is 7.29. The molecule has 0 N–H and O–H groups in total. The Balaban J connectivity index is 3.62. The van der Waals surface area contributed by atoms with Gasteiger partial charge in [0, 0.05) is 12.1 Å². The highest BCUT2D eigenvalue weighted by Crippen LogP contribution is 2.28. The Morgan fingerprint density at radius 3 is 2.21 bits per heavy atom. The Kier molecular flexibility index (Phi) is 8.43. The van der Waals surface area contributed by atoms with Crippen molar-refractivity contribution in [2.45, 2.75) is 52.5 Å². The summed E-state index contributed by atoms with van der Waals surface area (Å²) in [6, 6.07) is 3.27. The molecule has 0 aromatic heterocycles. The van der Waals surface area contributed by atoms with Crippen molar-refractivity contribution in [3.05, 3.63) is 58.9 Å². The van der Waals surface area contributed by atoms with Crippen molar-refractivity contribution in [1.29, 1.82) is 0 Å². The molecule has 0 saturated heterocycles. The molecular formula is C22H31NO4S. The monoisotopic (exact) mass is 405 g/mol. The predicted molar refractivity (Wildman–Crippen MR) is 113 cm³/mol. The minimum atomic E-state index is -3.84. The largest absolute Gasteiger partial charge is 0.466 e. The first-order valence-corrected chi connectivity index (χ1v) is 10.6. The van der Waals surface area contributed by atoms with E-state index < -0.39 is 22.0 Å². The summed E-state index contributed by atoms with van der Waals surface area (Å²) in [5.74, 6) is -0.498. The molecule has 0 aliphatic carbocycles. The number of aryl methyl sites for hydroxylation is 3. The number of carbonyl (C=O) groups excluding carboxylic acids is 1. The summed E-state index contributed by atoms with van der Waals surface area (Å²) in [5, 5.41) is 0. The van der Waals surface area contributed by atoms with Crippen molar-refractivity contribution in [3.63, 3.8) is 0 Å². The van der Waals surface area contributed by atoms with Gasteiger partial charge in [0.1, 0.15) is 0 Å². The zero-order valence-corrected chi connectivity index (χ0v) is 18.7. The van der Waals surface area contributed by atoms with Gasteiger partial charge in [0.25, 0.3) is 0 Å². The Labute approximate surface area is 169 Å². The summed E-state index contributed by atoms with van der Waals surface area (Å²) in [7, 11) is -2.54. The van der Waals surface area contributed by atoms with E-state index in [0.29, 0.717) is 21.6 Å². The van der Waals surface area contributed by atoms with Gasteiger partial charge in [-0.1, -0.05) is 44.2 Å². The van der Waals surface area contributed by atoms with Crippen LogP contribution in [0, 0.1) is 26.7 Å². The fourth-order valence-electron chi connectivity index (χ4n) is 3.27. The van der Waals surface area contributed by atoms with E-state index in [1.807, 2.05) is 32.9 Å². The summed E-state index contributed by atoms with van der Waals surface area (Å²) >= 11 is 0. The van der Waals surface area contributed by atoms with Gasteiger partial charge in [-0.2, -0.15) is 4.31 Å². The van der Waals surface area contributed by atoms with Gasteiger partial charge in [0.05, 0.1) is 18.0 Å². The Morgan fingerprint density at radius 2 is 1.79 bits per heavy atom. The van der Waals surface area contributed by atoms with E-state index in [4.69, 9.17) is 4.74 Å². The van der Waals surface area contributed by atoms with Gasteiger partial charge in [-0.05, 0) is 50.8 Å². The van der Waals surface area contributed by atoms with E-state index >= 15 is 0 Å². The first-order valence-electron chi connectivity index (χ1n) is 9.18. The maximum atomic E-state index is 13.7. The Hall–Kier alpha value is -2.14. The van der Waals surface area contributed by atoms with E-state index in [2.05, 4.69) is 12.3 Å². The highest BCUT2D eigenvalue weighted by Gasteiger charge is 2.33. The Morgan fingerprint density at radius 1 is 1.25 bits per heavy atom. The third kappa shape index (κ3) is 5.44. The van der Waals surface area contributed by atoms with E-state index in [9.17, 15) is 13.2 Å². The molecule has 0 amide bonds. The van der Waals surface area contributed by atoms with Crippen LogP contribution in [-0.2, 0) is 19.6 Å². The number of rotatable bonds is 8. The summed E-state index contributed by atoms with van der Waals surface area (Å²) in [6.07, 6.45) is 3.23. The number of esters is 1. The first kappa shape index (κ1) is 23.9. The number of benzene rings is 1. The summed E-state index contributed by atoms with van der Waals surface area (Å²) in [5.41, 5.74) is 5.47. The van der Waals surface area contributed by atoms with Crippen LogP contribution in [0.15, 0.2) is 47.1 Å². The third-order valence-corrected chi connectivity index (χ3v) is 6.73. The second kappa shape index (κ2) is 9.87. The first-order chi connectivity index (χ1) is 13.0. The number of hydrogen-bond donors (Lipinski definition) is 0. The fraction of sp³-hybridized carbons (Fsp3) is 0.455. The van der Waals surface area contributed by atoms with Crippen LogP contribution in [0.3, 0.4) is 0 Å². The minimum Gasteiger partial charge on any atom is -0.466 e. The number of hydrogen-bond acceptors (Lipinski definition) is 4. The third-order valence-electron chi connectivity index (χ3n) is 4.56. The molecule has 0 radical (unpaired) electrons. The maximum Gasteiger partial charge on any atom is 0.333 e. The van der Waals surface area contributed by atoms with Crippen LogP contribution in [0.2, 0.25) is 0 Å². The van der Waals surface area contributed by atoms with E-state index in [1.54, 1.807) is 32.9 Å². The van der Waals surface area contributed by atoms with E-state index in [0.717, 1.165) is 5.56 Å². The number of methoxy groups -OCH3 is 1. The SMILES string of the molecule is C=C=C[C@H](C(C)C)N(C/C=C(\C)C(=O)OC)S(=O)(=O)c1c(C)cc(C)cc1C. The van der Waals surface area contributed by atoms with Crippen molar-refractivity contribution in [1.82, 2.24) is 4.31 Å². The number of carbonyl (C=O) groups is 1. The maximum absolute atomic E-state index is 13.7. The average molecular weight is 406 g/mol. The highest BCUT2D eigenvalue weighted by molar-refractivity contribution is 7.89. The van der Waals surface area contributed by atoms with Crippen molar-refractivity contribution < 1.29 is 17.9 Å². The molecule has 5 nitrogen and oxygen atoms in total. The molecule has 154 valence electrons. The lowest BCUT2D eigenvalue weighted by Crippen LogP contribution is -2.42. The van der Waals surface area contributed by atoms with Crippen LogP contribution in [0.4, 0.5) is 0 Å². The zero-order valence-electron chi connectivity index (χ0n) is 17.9. The predicted octanol–water partition coefficient (Wildman–Crippen LogP) is 4.09. The van der Waals surface area contributed by atoms with Gasteiger partial charge in [-0.3, -0.25) is 0 Å². The standard InChI is InChI=1S/C22H31NO4S/c1-9-10-20(15(2)3)23(12-11-17(5)22(24)27-8)28(25,26)21-18(6)13-16(4)14-19(21)7/h10-11,13-15,20H,1,12H2,2-8H3/b17-11+/t20-/m1/s1. The lowest BCUT2D eigenvalue weighted by atomic mass is 10.0. The zero-order chi connectivity index (χ0) is 21.6. The molecule has 1 aromatic carbocycles. The smallest absolute Gasteiger partial charge is 0.333 e. The molecule has 6 heteroatoms. The van der Waals surface area contributed by atoms with Crippen LogP contribution in [0.25, 0.3) is 0 Å². The average Bonchev–Trinajstić information content (AvgIpc) is 2.58. The quantitative estimate of drug-likeness (QED) is 0.371. The van der Waals surface area contributed by atoms with E-state index in [1.165, 1.54) is 11.4 Å². The topological polar surface area (TPSA) is 63.7 Å². The molecule has 0 aliphatic rings. The number of nitrogens with zero attached hydrogens (tertiary/aromatic N) is 1. The molecule has 0 fully saturated rings. The molecular weight excluding hydrogens is 374 g/mol. The van der Waals surface area contributed by atoms with Crippen LogP contribution in [-0.4, -0.2) is 38.4 Å². The molecule has 0 saturated carbocycles. The van der Waals surface area contributed by atoms with Gasteiger partial charge >= 0.3 is 5.97 Å². The molecule has 1 atom stereocenters. The van der Waals surface area contributed by atoms with Crippen LogP contribution < -0.4 is 0 Å². The molecule has 0 spiro atoms. The van der Waals surface area contributed by atoms with Gasteiger partial charge in [-0.25, -0.2) is 13.2 Å². The molecule has 1 rings (SSSR count). The minimum absolute atomic E-state index is 0.0121. The lowest BCUT2D eigenvalue weighted by molar-refractivity contribution is -0.136. The second-order valence-corrected chi connectivity index (χ2v) is 9.11. The summed E-state index contributed by atoms with van der Waals surface area (Å²) < 4.78 is 33.5.